The molecule has 0 radical (unpaired) electrons. The van der Waals surface area contributed by atoms with Gasteiger partial charge in [-0.2, -0.15) is 0 Å². The second-order valence-corrected chi connectivity index (χ2v) is 30.2. The summed E-state index contributed by atoms with van der Waals surface area (Å²) >= 11 is 0. The summed E-state index contributed by atoms with van der Waals surface area (Å²) in [6.07, 6.45) is 3.45. The van der Waals surface area contributed by atoms with Crippen molar-refractivity contribution in [2.24, 2.45) is 0 Å². The first kappa shape index (κ1) is 52.6. The van der Waals surface area contributed by atoms with Crippen LogP contribution in [0, 0.1) is 13.8 Å². The maximum Gasteiger partial charge on any atom is 0.252 e. The Labute approximate surface area is 480 Å². The Morgan fingerprint density at radius 3 is 1.49 bits per heavy atom. The standard InChI is InChI=1S/C76H84BN3/c1-46-38-66-69-67(39-46)80(63-43-59-56(40-47(63)2)74(13,14)45-75(59,15)16)65-44-58-57(72(9,10)36-37-73(58,11)12)42-61(65)77(69)60-35-34-52(41-64(60)79(66)62-25-21-24-55-68(62)53-22-19-20-23-54(53)76(55,17)18)78(50-30-26-48(27-31-50)70(3,4)5)51-32-28-49(29-33-51)71(6,7)8/h19-35,38-44H,36-37,45H2,1-18H3. The van der Waals surface area contributed by atoms with Gasteiger partial charge in [-0.3, -0.25) is 0 Å². The van der Waals surface area contributed by atoms with Gasteiger partial charge in [-0.25, -0.2) is 0 Å². The highest BCUT2D eigenvalue weighted by Gasteiger charge is 2.49. The van der Waals surface area contributed by atoms with Crippen molar-refractivity contribution >= 4 is 74.3 Å². The fourth-order valence-corrected chi connectivity index (χ4v) is 15.8. The monoisotopic (exact) mass is 1050 g/mol. The van der Waals surface area contributed by atoms with E-state index in [9.17, 15) is 0 Å². The van der Waals surface area contributed by atoms with Crippen molar-refractivity contribution in [1.82, 2.24) is 0 Å². The topological polar surface area (TPSA) is 9.72 Å². The van der Waals surface area contributed by atoms with Crippen LogP contribution in [0.1, 0.15) is 186 Å². The number of nitrogens with zero attached hydrogens (tertiary/aromatic N) is 3. The summed E-state index contributed by atoms with van der Waals surface area (Å²) in [6.45, 7) is 43.2. The van der Waals surface area contributed by atoms with Gasteiger partial charge in [0.25, 0.3) is 6.71 Å². The van der Waals surface area contributed by atoms with E-state index >= 15 is 0 Å². The Morgan fingerprint density at radius 1 is 0.412 bits per heavy atom. The smallest absolute Gasteiger partial charge is 0.252 e. The molecule has 0 saturated carbocycles. The first-order valence-electron chi connectivity index (χ1n) is 30.0. The molecule has 0 spiro atoms. The van der Waals surface area contributed by atoms with Crippen molar-refractivity contribution in [1.29, 1.82) is 0 Å². The molecule has 0 amide bonds. The summed E-state index contributed by atoms with van der Waals surface area (Å²) in [5.41, 5.74) is 31.8. The van der Waals surface area contributed by atoms with Gasteiger partial charge in [0.05, 0.1) is 5.69 Å². The Kier molecular flexibility index (Phi) is 11.3. The zero-order chi connectivity index (χ0) is 56.8. The molecule has 406 valence electrons. The number of anilines is 9. The van der Waals surface area contributed by atoms with Gasteiger partial charge in [0.2, 0.25) is 0 Å². The normalized spacial score (nSPS) is 18.1. The van der Waals surface area contributed by atoms with Crippen molar-refractivity contribution < 1.29 is 0 Å². The first-order chi connectivity index (χ1) is 37.5. The third-order valence-corrected chi connectivity index (χ3v) is 20.2. The molecule has 3 nitrogen and oxygen atoms in total. The number of hydrogen-bond acceptors (Lipinski definition) is 3. The van der Waals surface area contributed by atoms with E-state index < -0.39 is 0 Å². The molecule has 4 heteroatoms. The van der Waals surface area contributed by atoms with Crippen LogP contribution in [0.2, 0.25) is 0 Å². The van der Waals surface area contributed by atoms with Gasteiger partial charge >= 0.3 is 0 Å². The van der Waals surface area contributed by atoms with Crippen LogP contribution in [0.25, 0.3) is 11.1 Å². The van der Waals surface area contributed by atoms with Crippen LogP contribution in [0.15, 0.2) is 146 Å². The van der Waals surface area contributed by atoms with Crippen LogP contribution in [-0.4, -0.2) is 6.71 Å². The van der Waals surface area contributed by atoms with E-state index in [0.717, 1.165) is 36.3 Å². The lowest BCUT2D eigenvalue weighted by molar-refractivity contribution is 0.332. The maximum absolute atomic E-state index is 2.74. The molecule has 0 bridgehead atoms. The molecule has 8 aromatic rings. The van der Waals surface area contributed by atoms with Crippen molar-refractivity contribution in [2.75, 3.05) is 14.7 Å². The lowest BCUT2D eigenvalue weighted by Gasteiger charge is -2.48. The summed E-state index contributed by atoms with van der Waals surface area (Å²) in [6, 6.07) is 58.1. The molecule has 0 aromatic heterocycles. The van der Waals surface area contributed by atoms with Crippen molar-refractivity contribution in [3.05, 3.63) is 201 Å². The molecule has 2 aliphatic heterocycles. The van der Waals surface area contributed by atoms with Crippen LogP contribution in [0.4, 0.5) is 51.2 Å². The number of fused-ring (bicyclic) bond motifs is 9. The van der Waals surface area contributed by atoms with Crippen molar-refractivity contribution in [2.45, 2.75) is 182 Å². The quantitative estimate of drug-likeness (QED) is 0.159. The van der Waals surface area contributed by atoms with E-state index in [-0.39, 0.29) is 44.6 Å². The third kappa shape index (κ3) is 7.80. The maximum atomic E-state index is 2.74. The Balaban J connectivity index is 1.14. The van der Waals surface area contributed by atoms with Crippen molar-refractivity contribution in [3.63, 3.8) is 0 Å². The second kappa shape index (κ2) is 17.1. The van der Waals surface area contributed by atoms with E-state index in [1.807, 2.05) is 0 Å². The molecule has 13 rings (SSSR count). The van der Waals surface area contributed by atoms with Gasteiger partial charge in [-0.15, -0.1) is 0 Å². The summed E-state index contributed by atoms with van der Waals surface area (Å²) in [5, 5.41) is 0. The Hall–Kier alpha value is -6.78. The molecular weight excluding hydrogens is 966 g/mol. The van der Waals surface area contributed by atoms with E-state index in [1.54, 1.807) is 0 Å². The zero-order valence-corrected chi connectivity index (χ0v) is 51.4. The van der Waals surface area contributed by atoms with Crippen LogP contribution >= 0.6 is 0 Å². The van der Waals surface area contributed by atoms with Gasteiger partial charge < -0.3 is 14.7 Å². The molecule has 0 atom stereocenters. The third-order valence-electron chi connectivity index (χ3n) is 20.2. The summed E-state index contributed by atoms with van der Waals surface area (Å²) in [5.74, 6) is 0. The minimum Gasteiger partial charge on any atom is -0.311 e. The van der Waals surface area contributed by atoms with E-state index in [0.29, 0.717) is 0 Å². The van der Waals surface area contributed by atoms with Gasteiger partial charge in [-0.1, -0.05) is 190 Å². The lowest BCUT2D eigenvalue weighted by atomic mass is 9.33. The van der Waals surface area contributed by atoms with Gasteiger partial charge in [0, 0.05) is 56.5 Å². The minimum atomic E-state index is -0.172. The molecule has 0 fully saturated rings. The fraction of sp³-hybridized carbons (Fsp3) is 0.368. The highest BCUT2D eigenvalue weighted by molar-refractivity contribution is 7.00. The minimum absolute atomic E-state index is 0.0178. The first-order valence-corrected chi connectivity index (χ1v) is 30.0. The Morgan fingerprint density at radius 2 is 0.900 bits per heavy atom. The predicted molar refractivity (Wildman–Crippen MR) is 346 cm³/mol. The van der Waals surface area contributed by atoms with E-state index in [4.69, 9.17) is 0 Å². The van der Waals surface area contributed by atoms with Crippen LogP contribution in [-0.2, 0) is 37.9 Å². The highest BCUT2D eigenvalue weighted by Crippen LogP contribution is 2.58. The molecule has 80 heavy (non-hydrogen) atoms. The summed E-state index contributed by atoms with van der Waals surface area (Å²) < 4.78 is 0. The average Bonchev–Trinajstić information content (AvgIpc) is 3.11. The molecular formula is C76H84BN3. The number of rotatable bonds is 5. The highest BCUT2D eigenvalue weighted by atomic mass is 15.2. The SMILES string of the molecule is Cc1cc2c3c(c1)N(c1cccc4c1-c1ccccc1C4(C)C)c1cc(N(c4ccc(C(C)(C)C)cc4)c4ccc(C(C)(C)C)cc4)ccc1B3c1cc3c(cc1N2c1cc2c(cc1C)C(C)(C)CC2(C)C)C(C)(C)CCC3(C)C. The zero-order valence-electron chi connectivity index (χ0n) is 51.4. The molecule has 2 heterocycles. The fourth-order valence-electron chi connectivity index (χ4n) is 15.8. The van der Waals surface area contributed by atoms with Crippen molar-refractivity contribution in [3.8, 4) is 11.1 Å². The molecule has 3 aliphatic carbocycles. The molecule has 0 saturated heterocycles. The number of hydrogen-bond donors (Lipinski definition) is 0. The molecule has 8 aromatic carbocycles. The van der Waals surface area contributed by atoms with Crippen LogP contribution in [0.3, 0.4) is 0 Å². The molecule has 0 unspecified atom stereocenters. The second-order valence-electron chi connectivity index (χ2n) is 30.2. The van der Waals surface area contributed by atoms with Crippen LogP contribution < -0.4 is 31.1 Å². The van der Waals surface area contributed by atoms with E-state index in [2.05, 4.69) is 285 Å². The largest absolute Gasteiger partial charge is 0.311 e. The van der Waals surface area contributed by atoms with Crippen LogP contribution in [0.5, 0.6) is 0 Å². The van der Waals surface area contributed by atoms with E-state index in [1.165, 1.54) is 117 Å². The lowest BCUT2D eigenvalue weighted by Crippen LogP contribution is -2.62. The summed E-state index contributed by atoms with van der Waals surface area (Å²) in [4.78, 5) is 7.94. The number of benzene rings is 8. The average molecular weight is 1050 g/mol. The van der Waals surface area contributed by atoms with Gasteiger partial charge in [0.1, 0.15) is 0 Å². The van der Waals surface area contributed by atoms with Gasteiger partial charge in [0.15, 0.2) is 0 Å². The number of aryl methyl sites for hydroxylation is 2. The molecule has 5 aliphatic rings. The van der Waals surface area contributed by atoms with Gasteiger partial charge in [-0.05, 0) is 210 Å². The Bertz CT molecular complexity index is 3830. The summed E-state index contributed by atoms with van der Waals surface area (Å²) in [7, 11) is 0. The molecule has 0 N–H and O–H groups in total. The predicted octanol–water partition coefficient (Wildman–Crippen LogP) is 19.1.